The molecule has 2 rings (SSSR count). The Labute approximate surface area is 93.6 Å². The quantitative estimate of drug-likeness (QED) is 0.829. The number of para-hydroxylation sites is 1. The molecule has 0 unspecified atom stereocenters. The van der Waals surface area contributed by atoms with Crippen LogP contribution >= 0.6 is 0 Å². The second-order valence-corrected chi connectivity index (χ2v) is 3.41. The molecule has 0 amide bonds. The number of phenols is 2. The van der Waals surface area contributed by atoms with Gasteiger partial charge in [-0.1, -0.05) is 24.3 Å². The third-order valence-corrected chi connectivity index (χ3v) is 2.20. The number of hydrogen-bond acceptors (Lipinski definition) is 3. The van der Waals surface area contributed by atoms with Crippen molar-refractivity contribution in [2.75, 3.05) is 0 Å². The molecule has 2 aromatic rings. The summed E-state index contributed by atoms with van der Waals surface area (Å²) in [4.78, 5) is 0. The zero-order chi connectivity index (χ0) is 11.4. The van der Waals surface area contributed by atoms with Crippen LogP contribution in [0, 0.1) is 0 Å². The van der Waals surface area contributed by atoms with Gasteiger partial charge in [0, 0.05) is 11.6 Å². The van der Waals surface area contributed by atoms with E-state index in [1.165, 1.54) is 6.07 Å². The maximum atomic E-state index is 9.51. The molecular weight excluding hydrogens is 204 g/mol. The van der Waals surface area contributed by atoms with Gasteiger partial charge in [0.05, 0.1) is 0 Å². The first-order chi connectivity index (χ1) is 7.75. The van der Waals surface area contributed by atoms with Gasteiger partial charge in [0.1, 0.15) is 23.9 Å². The smallest absolute Gasteiger partial charge is 0.123 e. The molecule has 0 bridgehead atoms. The van der Waals surface area contributed by atoms with Gasteiger partial charge in [-0.25, -0.2) is 0 Å². The molecule has 82 valence electrons. The Morgan fingerprint density at radius 1 is 0.938 bits per heavy atom. The fourth-order valence-corrected chi connectivity index (χ4v) is 1.37. The Bertz CT molecular complexity index is 480. The first-order valence-corrected chi connectivity index (χ1v) is 4.94. The minimum Gasteiger partial charge on any atom is -0.508 e. The number of hydrogen-bond donors (Lipinski definition) is 2. The van der Waals surface area contributed by atoms with Crippen molar-refractivity contribution in [1.29, 1.82) is 0 Å². The lowest BCUT2D eigenvalue weighted by Crippen LogP contribution is -1.95. The molecule has 0 heterocycles. The maximum absolute atomic E-state index is 9.51. The lowest BCUT2D eigenvalue weighted by molar-refractivity contribution is 0.297. The Hall–Kier alpha value is -2.16. The van der Waals surface area contributed by atoms with Gasteiger partial charge in [-0.05, 0) is 18.2 Å². The molecule has 3 nitrogen and oxygen atoms in total. The highest BCUT2D eigenvalue weighted by molar-refractivity contribution is 5.34. The molecule has 0 saturated heterocycles. The summed E-state index contributed by atoms with van der Waals surface area (Å²) in [6, 6.07) is 13.6. The highest BCUT2D eigenvalue weighted by Crippen LogP contribution is 2.21. The monoisotopic (exact) mass is 216 g/mol. The van der Waals surface area contributed by atoms with Crippen LogP contribution in [0.4, 0.5) is 0 Å². The number of aromatic hydroxyl groups is 2. The van der Waals surface area contributed by atoms with Crippen molar-refractivity contribution >= 4 is 0 Å². The van der Waals surface area contributed by atoms with Crippen molar-refractivity contribution in [2.24, 2.45) is 0 Å². The van der Waals surface area contributed by atoms with Gasteiger partial charge in [-0.3, -0.25) is 0 Å². The van der Waals surface area contributed by atoms with Crippen molar-refractivity contribution in [3.8, 4) is 17.2 Å². The molecule has 0 radical (unpaired) electrons. The van der Waals surface area contributed by atoms with Crippen LogP contribution in [-0.4, -0.2) is 10.2 Å². The summed E-state index contributed by atoms with van der Waals surface area (Å²) in [5, 5.41) is 18.7. The van der Waals surface area contributed by atoms with Crippen molar-refractivity contribution in [3.05, 3.63) is 54.1 Å². The van der Waals surface area contributed by atoms with E-state index in [0.717, 1.165) is 0 Å². The summed E-state index contributed by atoms with van der Waals surface area (Å²) in [5.74, 6) is 0.945. The van der Waals surface area contributed by atoms with E-state index in [0.29, 0.717) is 11.3 Å². The average Bonchev–Trinajstić information content (AvgIpc) is 2.28. The highest BCUT2D eigenvalue weighted by Gasteiger charge is 2.01. The number of phenolic OH excluding ortho intramolecular Hbond substituents is 2. The number of rotatable bonds is 3. The molecule has 0 spiro atoms. The van der Waals surface area contributed by atoms with Gasteiger partial charge in [0.15, 0.2) is 0 Å². The van der Waals surface area contributed by atoms with Crippen LogP contribution in [0.2, 0.25) is 0 Å². The molecule has 0 aliphatic heterocycles. The summed E-state index contributed by atoms with van der Waals surface area (Å²) in [5.41, 5.74) is 0.714. The van der Waals surface area contributed by atoms with Gasteiger partial charge >= 0.3 is 0 Å². The van der Waals surface area contributed by atoms with Crippen LogP contribution in [0.3, 0.4) is 0 Å². The zero-order valence-electron chi connectivity index (χ0n) is 8.63. The second-order valence-electron chi connectivity index (χ2n) is 3.41. The van der Waals surface area contributed by atoms with Gasteiger partial charge in [0.25, 0.3) is 0 Å². The molecule has 0 fully saturated rings. The molecule has 0 aromatic heterocycles. The Morgan fingerprint density at radius 2 is 1.75 bits per heavy atom. The third kappa shape index (κ3) is 2.45. The third-order valence-electron chi connectivity index (χ3n) is 2.20. The normalized spacial score (nSPS) is 10.0. The summed E-state index contributed by atoms with van der Waals surface area (Å²) in [6.45, 7) is 0.274. The summed E-state index contributed by atoms with van der Waals surface area (Å²) < 4.78 is 5.43. The topological polar surface area (TPSA) is 49.7 Å². The summed E-state index contributed by atoms with van der Waals surface area (Å²) in [7, 11) is 0. The maximum Gasteiger partial charge on any atom is 0.123 e. The Morgan fingerprint density at radius 3 is 2.50 bits per heavy atom. The van der Waals surface area contributed by atoms with Crippen molar-refractivity contribution in [2.45, 2.75) is 6.61 Å². The predicted octanol–water partition coefficient (Wildman–Crippen LogP) is 2.68. The standard InChI is InChI=1S/C13H12O3/c14-11-5-3-6-12(8-11)16-9-10-4-1-2-7-13(10)15/h1-8,14-15H,9H2. The Balaban J connectivity index is 2.05. The van der Waals surface area contributed by atoms with Crippen LogP contribution in [0.5, 0.6) is 17.2 Å². The van der Waals surface area contributed by atoms with Crippen LogP contribution < -0.4 is 4.74 Å². The van der Waals surface area contributed by atoms with Crippen LogP contribution in [0.15, 0.2) is 48.5 Å². The average molecular weight is 216 g/mol. The fraction of sp³-hybridized carbons (Fsp3) is 0.0769. The second kappa shape index (κ2) is 4.57. The van der Waals surface area contributed by atoms with E-state index in [9.17, 15) is 10.2 Å². The fourth-order valence-electron chi connectivity index (χ4n) is 1.37. The molecule has 0 aliphatic carbocycles. The zero-order valence-corrected chi connectivity index (χ0v) is 8.63. The van der Waals surface area contributed by atoms with Crippen LogP contribution in [0.25, 0.3) is 0 Å². The molecule has 3 heteroatoms. The highest BCUT2D eigenvalue weighted by atomic mass is 16.5. The summed E-state index contributed by atoms with van der Waals surface area (Å²) in [6.07, 6.45) is 0. The first-order valence-electron chi connectivity index (χ1n) is 4.94. The van der Waals surface area contributed by atoms with Gasteiger partial charge < -0.3 is 14.9 Å². The van der Waals surface area contributed by atoms with Gasteiger partial charge in [0.2, 0.25) is 0 Å². The van der Waals surface area contributed by atoms with Crippen molar-refractivity contribution in [3.63, 3.8) is 0 Å². The molecule has 0 aliphatic rings. The Kier molecular flexibility index (Phi) is 2.96. The van der Waals surface area contributed by atoms with Crippen LogP contribution in [-0.2, 0) is 6.61 Å². The molecule has 0 atom stereocenters. The lowest BCUT2D eigenvalue weighted by Gasteiger charge is -2.07. The largest absolute Gasteiger partial charge is 0.508 e. The molecular formula is C13H12O3. The number of ether oxygens (including phenoxy) is 1. The SMILES string of the molecule is Oc1cccc(OCc2ccccc2O)c1. The minimum absolute atomic E-state index is 0.162. The molecule has 2 N–H and O–H groups in total. The first kappa shape index (κ1) is 10.4. The number of benzene rings is 2. The predicted molar refractivity (Wildman–Crippen MR) is 60.5 cm³/mol. The molecule has 2 aromatic carbocycles. The van der Waals surface area contributed by atoms with E-state index in [2.05, 4.69) is 0 Å². The van der Waals surface area contributed by atoms with E-state index >= 15 is 0 Å². The molecule has 16 heavy (non-hydrogen) atoms. The van der Waals surface area contributed by atoms with E-state index in [-0.39, 0.29) is 18.1 Å². The van der Waals surface area contributed by atoms with Crippen LogP contribution in [0.1, 0.15) is 5.56 Å². The van der Waals surface area contributed by atoms with Crippen molar-refractivity contribution < 1.29 is 14.9 Å². The van der Waals surface area contributed by atoms with E-state index in [1.54, 1.807) is 36.4 Å². The van der Waals surface area contributed by atoms with Crippen molar-refractivity contribution in [1.82, 2.24) is 0 Å². The molecule has 0 saturated carbocycles. The minimum atomic E-state index is 0.162. The van der Waals surface area contributed by atoms with Gasteiger partial charge in [-0.15, -0.1) is 0 Å². The van der Waals surface area contributed by atoms with E-state index < -0.39 is 0 Å². The summed E-state index contributed by atoms with van der Waals surface area (Å²) >= 11 is 0. The van der Waals surface area contributed by atoms with E-state index in [4.69, 9.17) is 4.74 Å². The lowest BCUT2D eigenvalue weighted by atomic mass is 10.2. The van der Waals surface area contributed by atoms with Gasteiger partial charge in [-0.2, -0.15) is 0 Å². The van der Waals surface area contributed by atoms with E-state index in [1.807, 2.05) is 6.07 Å².